The summed E-state index contributed by atoms with van der Waals surface area (Å²) in [6.45, 7) is 3.04. The summed E-state index contributed by atoms with van der Waals surface area (Å²) >= 11 is 0. The summed E-state index contributed by atoms with van der Waals surface area (Å²) in [4.78, 5) is 30.5. The maximum absolute atomic E-state index is 13.3. The predicted molar refractivity (Wildman–Crippen MR) is 107 cm³/mol. The summed E-state index contributed by atoms with van der Waals surface area (Å²) in [7, 11) is 0. The Kier molecular flexibility index (Phi) is 4.00. The predicted octanol–water partition coefficient (Wildman–Crippen LogP) is 1.80. The first kappa shape index (κ1) is 18.8. The SMILES string of the molecule is CC[C@@]1(O)C(=O)OCc2c1c(OC(C)O)c1n(c2=O)Cc2cc3ccccc3nc2-1. The van der Waals surface area contributed by atoms with E-state index >= 15 is 0 Å². The molecule has 154 valence electrons. The lowest BCUT2D eigenvalue weighted by molar-refractivity contribution is -0.172. The van der Waals surface area contributed by atoms with Gasteiger partial charge in [-0.05, 0) is 25.5 Å². The fourth-order valence-electron chi connectivity index (χ4n) is 4.33. The molecule has 0 spiro atoms. The number of hydrogen-bond acceptors (Lipinski definition) is 7. The molecule has 0 aliphatic carbocycles. The third-order valence-electron chi connectivity index (χ3n) is 5.77. The van der Waals surface area contributed by atoms with Crippen LogP contribution < -0.4 is 10.3 Å². The van der Waals surface area contributed by atoms with E-state index in [-0.39, 0.29) is 42.0 Å². The second-order valence-electron chi connectivity index (χ2n) is 7.62. The van der Waals surface area contributed by atoms with Crippen molar-refractivity contribution in [2.24, 2.45) is 0 Å². The minimum Gasteiger partial charge on any atom is -0.463 e. The monoisotopic (exact) mass is 408 g/mol. The number of aromatic nitrogens is 2. The number of aliphatic hydroxyl groups is 2. The lowest BCUT2D eigenvalue weighted by atomic mass is 9.85. The molecule has 2 aliphatic rings. The highest BCUT2D eigenvalue weighted by atomic mass is 16.6. The molecule has 0 radical (unpaired) electrons. The van der Waals surface area contributed by atoms with E-state index in [9.17, 15) is 19.8 Å². The van der Waals surface area contributed by atoms with Gasteiger partial charge < -0.3 is 19.7 Å². The van der Waals surface area contributed by atoms with Crippen LogP contribution in [-0.2, 0) is 28.3 Å². The van der Waals surface area contributed by atoms with E-state index in [1.54, 1.807) is 6.92 Å². The van der Waals surface area contributed by atoms with Gasteiger partial charge in [-0.25, -0.2) is 9.78 Å². The number of aliphatic hydroxyl groups excluding tert-OH is 1. The first-order valence-electron chi connectivity index (χ1n) is 9.78. The molecule has 0 bridgehead atoms. The van der Waals surface area contributed by atoms with Crippen molar-refractivity contribution in [1.82, 2.24) is 9.55 Å². The van der Waals surface area contributed by atoms with Crippen LogP contribution in [0.25, 0.3) is 22.3 Å². The molecule has 4 heterocycles. The van der Waals surface area contributed by atoms with Gasteiger partial charge in [-0.2, -0.15) is 0 Å². The van der Waals surface area contributed by atoms with Gasteiger partial charge in [0.25, 0.3) is 5.56 Å². The molecule has 1 aromatic carbocycles. The molecule has 0 fully saturated rings. The van der Waals surface area contributed by atoms with E-state index in [0.29, 0.717) is 11.4 Å². The van der Waals surface area contributed by atoms with Gasteiger partial charge in [0.05, 0.1) is 28.9 Å². The van der Waals surface area contributed by atoms with Crippen LogP contribution in [-0.4, -0.2) is 32.0 Å². The Hall–Kier alpha value is -3.23. The van der Waals surface area contributed by atoms with Crippen LogP contribution in [0.5, 0.6) is 5.75 Å². The minimum absolute atomic E-state index is 0.0180. The Morgan fingerprint density at radius 2 is 2.10 bits per heavy atom. The van der Waals surface area contributed by atoms with Crippen molar-refractivity contribution in [3.8, 4) is 17.1 Å². The number of ether oxygens (including phenoxy) is 2. The molecule has 8 nitrogen and oxygen atoms in total. The zero-order chi connectivity index (χ0) is 21.2. The number of rotatable bonds is 3. The zero-order valence-corrected chi connectivity index (χ0v) is 16.5. The van der Waals surface area contributed by atoms with Gasteiger partial charge in [-0.1, -0.05) is 25.1 Å². The van der Waals surface area contributed by atoms with E-state index in [1.165, 1.54) is 11.5 Å². The van der Waals surface area contributed by atoms with E-state index in [2.05, 4.69) is 0 Å². The van der Waals surface area contributed by atoms with E-state index < -0.39 is 17.9 Å². The van der Waals surface area contributed by atoms with E-state index in [1.807, 2.05) is 30.3 Å². The van der Waals surface area contributed by atoms with Gasteiger partial charge >= 0.3 is 5.97 Å². The molecule has 30 heavy (non-hydrogen) atoms. The maximum Gasteiger partial charge on any atom is 0.343 e. The van der Waals surface area contributed by atoms with Crippen LogP contribution >= 0.6 is 0 Å². The third-order valence-corrected chi connectivity index (χ3v) is 5.77. The number of esters is 1. The number of nitrogens with zero attached hydrogens (tertiary/aromatic N) is 2. The highest BCUT2D eigenvalue weighted by molar-refractivity contribution is 5.89. The van der Waals surface area contributed by atoms with Crippen molar-refractivity contribution in [2.45, 2.75) is 45.3 Å². The Bertz CT molecular complexity index is 1280. The number of para-hydroxylation sites is 1. The Morgan fingerprint density at radius 3 is 2.83 bits per heavy atom. The summed E-state index contributed by atoms with van der Waals surface area (Å²) < 4.78 is 12.3. The normalized spacial score (nSPS) is 20.3. The average molecular weight is 408 g/mol. The first-order chi connectivity index (χ1) is 14.3. The van der Waals surface area contributed by atoms with Gasteiger partial charge in [-0.15, -0.1) is 0 Å². The summed E-state index contributed by atoms with van der Waals surface area (Å²) in [5.41, 5.74) is 0.213. The van der Waals surface area contributed by atoms with Crippen molar-refractivity contribution in [3.05, 3.63) is 57.4 Å². The van der Waals surface area contributed by atoms with Gasteiger partial charge in [-0.3, -0.25) is 9.36 Å². The van der Waals surface area contributed by atoms with Gasteiger partial charge in [0.2, 0.25) is 0 Å². The van der Waals surface area contributed by atoms with Crippen LogP contribution in [0.2, 0.25) is 0 Å². The molecule has 5 rings (SSSR count). The van der Waals surface area contributed by atoms with Crippen LogP contribution in [0.3, 0.4) is 0 Å². The molecule has 2 aliphatic heterocycles. The molecule has 8 heteroatoms. The van der Waals surface area contributed by atoms with Crippen LogP contribution in [0.1, 0.15) is 37.0 Å². The molecule has 2 aromatic heterocycles. The fourth-order valence-corrected chi connectivity index (χ4v) is 4.33. The number of hydrogen-bond donors (Lipinski definition) is 2. The van der Waals surface area contributed by atoms with Crippen molar-refractivity contribution in [1.29, 1.82) is 0 Å². The second-order valence-corrected chi connectivity index (χ2v) is 7.62. The average Bonchev–Trinajstić information content (AvgIpc) is 3.10. The molecule has 2 N–H and O–H groups in total. The van der Waals surface area contributed by atoms with Crippen molar-refractivity contribution < 1.29 is 24.5 Å². The first-order valence-corrected chi connectivity index (χ1v) is 9.78. The standard InChI is InChI=1S/C22H20N2O6/c1-3-22(28)16-14(10-29-21(22)27)20(26)24-9-13-8-12-6-4-5-7-15(12)23-17(13)18(24)19(16)30-11(2)25/h4-8,11,25,28H,3,9-10H2,1-2H3/t11?,22-/m0/s1. The molecular formula is C22H20N2O6. The summed E-state index contributed by atoms with van der Waals surface area (Å²) in [6, 6.07) is 9.55. The van der Waals surface area contributed by atoms with Crippen molar-refractivity contribution >= 4 is 16.9 Å². The number of cyclic esters (lactones) is 1. The molecular weight excluding hydrogens is 388 g/mol. The molecule has 0 amide bonds. The van der Waals surface area contributed by atoms with Crippen molar-refractivity contribution in [2.75, 3.05) is 0 Å². The second kappa shape index (κ2) is 6.38. The summed E-state index contributed by atoms with van der Waals surface area (Å²) in [5.74, 6) is -0.760. The minimum atomic E-state index is -2.05. The Morgan fingerprint density at radius 1 is 1.33 bits per heavy atom. The molecule has 0 saturated carbocycles. The van der Waals surface area contributed by atoms with Crippen LogP contribution in [0.4, 0.5) is 0 Å². The Balaban J connectivity index is 1.90. The summed E-state index contributed by atoms with van der Waals surface area (Å²) in [5, 5.41) is 22.1. The molecule has 3 aromatic rings. The number of carbonyl (C=O) groups excluding carboxylic acids is 1. The zero-order valence-electron chi connectivity index (χ0n) is 16.5. The Labute approximate surface area is 171 Å². The molecule has 2 atom stereocenters. The van der Waals surface area contributed by atoms with Gasteiger partial charge in [0.1, 0.15) is 12.3 Å². The van der Waals surface area contributed by atoms with Crippen LogP contribution in [0.15, 0.2) is 35.1 Å². The largest absolute Gasteiger partial charge is 0.463 e. The highest BCUT2D eigenvalue weighted by Gasteiger charge is 2.49. The maximum atomic E-state index is 13.3. The topological polar surface area (TPSA) is 111 Å². The number of carbonyl (C=O) groups is 1. The van der Waals surface area contributed by atoms with Crippen LogP contribution in [0, 0.1) is 0 Å². The lowest BCUT2D eigenvalue weighted by Gasteiger charge is -2.34. The number of benzene rings is 1. The lowest BCUT2D eigenvalue weighted by Crippen LogP contribution is -2.45. The van der Waals surface area contributed by atoms with E-state index in [0.717, 1.165) is 16.5 Å². The highest BCUT2D eigenvalue weighted by Crippen LogP contribution is 2.46. The van der Waals surface area contributed by atoms with E-state index in [4.69, 9.17) is 14.5 Å². The quantitative estimate of drug-likeness (QED) is 0.393. The number of pyridine rings is 2. The fraction of sp³-hybridized carbons (Fsp3) is 0.318. The molecule has 1 unspecified atom stereocenters. The summed E-state index contributed by atoms with van der Waals surface area (Å²) in [6.07, 6.45) is -1.25. The van der Waals surface area contributed by atoms with Gasteiger partial charge in [0.15, 0.2) is 17.6 Å². The smallest absolute Gasteiger partial charge is 0.343 e. The number of fused-ring (bicyclic) bond motifs is 5. The third kappa shape index (κ3) is 2.44. The van der Waals surface area contributed by atoms with Crippen molar-refractivity contribution in [3.63, 3.8) is 0 Å². The molecule has 0 saturated heterocycles. The van der Waals surface area contributed by atoms with Gasteiger partial charge in [0, 0.05) is 10.9 Å².